The zero-order valence-electron chi connectivity index (χ0n) is 12.1. The van der Waals surface area contributed by atoms with Gasteiger partial charge in [0, 0.05) is 18.8 Å². The third-order valence-electron chi connectivity index (χ3n) is 3.92. The van der Waals surface area contributed by atoms with Crippen molar-refractivity contribution in [2.75, 3.05) is 32.1 Å². The summed E-state index contributed by atoms with van der Waals surface area (Å²) in [5, 5.41) is 3.41. The van der Waals surface area contributed by atoms with Crippen molar-refractivity contribution in [1.82, 2.24) is 10.0 Å². The maximum Gasteiger partial charge on any atom is 0.240 e. The molecule has 0 saturated carbocycles. The maximum absolute atomic E-state index is 11.7. The molecule has 1 fully saturated rings. The Bertz CT molecular complexity index is 520. The monoisotopic (exact) mass is 297 g/mol. The molecular formula is C14H23N3O2S. The van der Waals surface area contributed by atoms with E-state index in [0.29, 0.717) is 10.9 Å². The fourth-order valence-corrected chi connectivity index (χ4v) is 3.31. The average molecular weight is 297 g/mol. The SMILES string of the molecule is CNS(=O)(=O)c1ccc(N(C)C2CCCNCC2)cc1. The van der Waals surface area contributed by atoms with Crippen LogP contribution in [0.5, 0.6) is 0 Å². The van der Waals surface area contributed by atoms with Gasteiger partial charge in [0.15, 0.2) is 0 Å². The van der Waals surface area contributed by atoms with E-state index in [9.17, 15) is 8.42 Å². The Labute approximate surface area is 121 Å². The van der Waals surface area contributed by atoms with Gasteiger partial charge in [-0.15, -0.1) is 0 Å². The fraction of sp³-hybridized carbons (Fsp3) is 0.571. The van der Waals surface area contributed by atoms with Crippen LogP contribution in [0.1, 0.15) is 19.3 Å². The van der Waals surface area contributed by atoms with E-state index in [0.717, 1.165) is 25.2 Å². The van der Waals surface area contributed by atoms with Gasteiger partial charge in [-0.2, -0.15) is 0 Å². The van der Waals surface area contributed by atoms with Gasteiger partial charge in [-0.05, 0) is 63.7 Å². The first-order valence-electron chi connectivity index (χ1n) is 7.02. The van der Waals surface area contributed by atoms with Crippen molar-refractivity contribution in [2.45, 2.75) is 30.2 Å². The van der Waals surface area contributed by atoms with Crippen molar-refractivity contribution in [1.29, 1.82) is 0 Å². The van der Waals surface area contributed by atoms with E-state index in [-0.39, 0.29) is 0 Å². The second kappa shape index (κ2) is 6.56. The van der Waals surface area contributed by atoms with Gasteiger partial charge >= 0.3 is 0 Å². The summed E-state index contributed by atoms with van der Waals surface area (Å²) in [6, 6.07) is 7.58. The second-order valence-corrected chi connectivity index (χ2v) is 7.03. The number of anilines is 1. The van der Waals surface area contributed by atoms with E-state index in [4.69, 9.17) is 0 Å². The molecule has 1 atom stereocenters. The smallest absolute Gasteiger partial charge is 0.240 e. The van der Waals surface area contributed by atoms with Crippen LogP contribution in [0, 0.1) is 0 Å². The average Bonchev–Trinajstić information content (AvgIpc) is 2.75. The van der Waals surface area contributed by atoms with Crippen LogP contribution in [-0.2, 0) is 10.0 Å². The first-order valence-corrected chi connectivity index (χ1v) is 8.50. The first kappa shape index (κ1) is 15.3. The van der Waals surface area contributed by atoms with E-state index in [2.05, 4.69) is 22.0 Å². The summed E-state index contributed by atoms with van der Waals surface area (Å²) >= 11 is 0. The predicted octanol–water partition coefficient (Wildman–Crippen LogP) is 1.17. The number of nitrogens with zero attached hydrogens (tertiary/aromatic N) is 1. The third kappa shape index (κ3) is 3.50. The number of rotatable bonds is 4. The Morgan fingerprint density at radius 2 is 1.90 bits per heavy atom. The molecule has 0 spiro atoms. The highest BCUT2D eigenvalue weighted by Gasteiger charge is 2.18. The molecule has 0 aromatic heterocycles. The lowest BCUT2D eigenvalue weighted by molar-refractivity contribution is 0.566. The largest absolute Gasteiger partial charge is 0.372 e. The first-order chi connectivity index (χ1) is 9.54. The summed E-state index contributed by atoms with van der Waals surface area (Å²) in [5.74, 6) is 0. The normalized spacial score (nSPS) is 20.4. The minimum Gasteiger partial charge on any atom is -0.372 e. The molecule has 6 heteroatoms. The van der Waals surface area contributed by atoms with Crippen LogP contribution in [0.4, 0.5) is 5.69 Å². The molecule has 1 aromatic rings. The second-order valence-electron chi connectivity index (χ2n) is 5.15. The molecule has 1 heterocycles. The van der Waals surface area contributed by atoms with Gasteiger partial charge in [-0.1, -0.05) is 0 Å². The number of sulfonamides is 1. The summed E-state index contributed by atoms with van der Waals surface area (Å²) < 4.78 is 25.7. The van der Waals surface area contributed by atoms with Crippen LogP contribution in [0.15, 0.2) is 29.2 Å². The number of nitrogens with one attached hydrogen (secondary N) is 2. The van der Waals surface area contributed by atoms with Gasteiger partial charge in [0.25, 0.3) is 0 Å². The highest BCUT2D eigenvalue weighted by molar-refractivity contribution is 7.89. The van der Waals surface area contributed by atoms with Gasteiger partial charge in [0.05, 0.1) is 4.90 Å². The molecule has 2 rings (SSSR count). The zero-order valence-corrected chi connectivity index (χ0v) is 12.9. The summed E-state index contributed by atoms with van der Waals surface area (Å²) in [7, 11) is 0.156. The van der Waals surface area contributed by atoms with Crippen molar-refractivity contribution in [3.8, 4) is 0 Å². The van der Waals surface area contributed by atoms with Crippen LogP contribution in [-0.4, -0.2) is 41.6 Å². The summed E-state index contributed by atoms with van der Waals surface area (Å²) in [6.45, 7) is 2.13. The minimum absolute atomic E-state index is 0.305. The van der Waals surface area contributed by atoms with Crippen molar-refractivity contribution in [2.24, 2.45) is 0 Å². The van der Waals surface area contributed by atoms with Crippen LogP contribution in [0.3, 0.4) is 0 Å². The van der Waals surface area contributed by atoms with E-state index >= 15 is 0 Å². The molecule has 1 aliphatic heterocycles. The Morgan fingerprint density at radius 3 is 2.55 bits per heavy atom. The lowest BCUT2D eigenvalue weighted by Gasteiger charge is -2.29. The molecule has 20 heavy (non-hydrogen) atoms. The molecule has 1 unspecified atom stereocenters. The Morgan fingerprint density at radius 1 is 1.20 bits per heavy atom. The van der Waals surface area contributed by atoms with Crippen LogP contribution < -0.4 is 14.9 Å². The van der Waals surface area contributed by atoms with Gasteiger partial charge < -0.3 is 10.2 Å². The molecule has 2 N–H and O–H groups in total. The molecule has 1 saturated heterocycles. The summed E-state index contributed by atoms with van der Waals surface area (Å²) in [5.41, 5.74) is 1.06. The van der Waals surface area contributed by atoms with E-state index in [1.54, 1.807) is 12.1 Å². The lowest BCUT2D eigenvalue weighted by atomic mass is 10.1. The quantitative estimate of drug-likeness (QED) is 0.876. The Balaban J connectivity index is 2.12. The Kier molecular flexibility index (Phi) is 5.01. The van der Waals surface area contributed by atoms with Crippen molar-refractivity contribution in [3.05, 3.63) is 24.3 Å². The fourth-order valence-electron chi connectivity index (χ4n) is 2.58. The summed E-state index contributed by atoms with van der Waals surface area (Å²) in [6.07, 6.45) is 3.47. The van der Waals surface area contributed by atoms with Crippen LogP contribution >= 0.6 is 0 Å². The highest BCUT2D eigenvalue weighted by Crippen LogP contribution is 2.22. The standard InChI is InChI=1S/C14H23N3O2S/c1-15-20(18,19)14-7-5-13(6-8-14)17(2)12-4-3-10-16-11-9-12/h5-8,12,15-16H,3-4,9-11H2,1-2H3. The van der Waals surface area contributed by atoms with Crippen LogP contribution in [0.25, 0.3) is 0 Å². The topological polar surface area (TPSA) is 61.4 Å². The molecular weight excluding hydrogens is 274 g/mol. The molecule has 0 radical (unpaired) electrons. The van der Waals surface area contributed by atoms with Gasteiger partial charge in [0.2, 0.25) is 10.0 Å². The molecule has 1 aliphatic rings. The van der Waals surface area contributed by atoms with Crippen molar-refractivity contribution < 1.29 is 8.42 Å². The number of benzene rings is 1. The predicted molar refractivity (Wildman–Crippen MR) is 81.6 cm³/mol. The van der Waals surface area contributed by atoms with Crippen LogP contribution in [0.2, 0.25) is 0 Å². The van der Waals surface area contributed by atoms with Gasteiger partial charge in [-0.3, -0.25) is 0 Å². The van der Waals surface area contributed by atoms with Gasteiger partial charge in [-0.25, -0.2) is 13.1 Å². The zero-order chi connectivity index (χ0) is 14.6. The maximum atomic E-state index is 11.7. The molecule has 1 aromatic carbocycles. The highest BCUT2D eigenvalue weighted by atomic mass is 32.2. The minimum atomic E-state index is -3.35. The number of hydrogen-bond donors (Lipinski definition) is 2. The lowest BCUT2D eigenvalue weighted by Crippen LogP contribution is -2.32. The number of hydrogen-bond acceptors (Lipinski definition) is 4. The van der Waals surface area contributed by atoms with E-state index < -0.39 is 10.0 Å². The summed E-state index contributed by atoms with van der Waals surface area (Å²) in [4.78, 5) is 2.56. The molecule has 112 valence electrons. The molecule has 0 bridgehead atoms. The third-order valence-corrected chi connectivity index (χ3v) is 5.35. The van der Waals surface area contributed by atoms with Crippen molar-refractivity contribution >= 4 is 15.7 Å². The molecule has 5 nitrogen and oxygen atoms in total. The van der Waals surface area contributed by atoms with Crippen molar-refractivity contribution in [3.63, 3.8) is 0 Å². The van der Waals surface area contributed by atoms with E-state index in [1.165, 1.54) is 19.9 Å². The Hall–Kier alpha value is -1.11. The molecule has 0 amide bonds. The van der Waals surface area contributed by atoms with E-state index in [1.807, 2.05) is 12.1 Å². The molecule has 0 aliphatic carbocycles. The van der Waals surface area contributed by atoms with Gasteiger partial charge in [0.1, 0.15) is 0 Å².